The average Bonchev–Trinajstić information content (AvgIpc) is 2.33. The van der Waals surface area contributed by atoms with E-state index in [1.807, 2.05) is 0 Å². The maximum Gasteiger partial charge on any atom is 0.269 e. The summed E-state index contributed by atoms with van der Waals surface area (Å²) in [5.41, 5.74) is 11.8. The molecule has 1 aromatic rings. The fourth-order valence-electron chi connectivity index (χ4n) is 0.838. The molecule has 0 aliphatic rings. The van der Waals surface area contributed by atoms with E-state index in [4.69, 9.17) is 11.5 Å². The van der Waals surface area contributed by atoms with Gasteiger partial charge in [-0.2, -0.15) is 0 Å². The summed E-state index contributed by atoms with van der Waals surface area (Å²) >= 11 is 0. The molecule has 0 saturated carbocycles. The normalized spacial score (nSPS) is 11.6. The van der Waals surface area contributed by atoms with Crippen LogP contribution in [0.3, 0.4) is 0 Å². The van der Waals surface area contributed by atoms with E-state index in [9.17, 15) is 4.79 Å². The first-order chi connectivity index (χ1) is 5.61. The zero-order valence-corrected chi connectivity index (χ0v) is 6.66. The quantitative estimate of drug-likeness (QED) is 0.568. The SMILES string of the molecule is C/C(N)=C\c1[nH]cnc1C(N)=O. The zero-order chi connectivity index (χ0) is 9.14. The molecule has 1 rings (SSSR count). The van der Waals surface area contributed by atoms with Crippen molar-refractivity contribution in [2.45, 2.75) is 6.92 Å². The maximum atomic E-state index is 10.7. The number of imidazole rings is 1. The molecule has 1 heterocycles. The Bertz CT molecular complexity index is 322. The second kappa shape index (κ2) is 3.08. The molecule has 1 aromatic heterocycles. The smallest absolute Gasteiger partial charge is 0.269 e. The van der Waals surface area contributed by atoms with Gasteiger partial charge < -0.3 is 16.5 Å². The molecule has 0 saturated heterocycles. The van der Waals surface area contributed by atoms with Gasteiger partial charge in [-0.3, -0.25) is 4.79 Å². The lowest BCUT2D eigenvalue weighted by Crippen LogP contribution is -2.13. The van der Waals surface area contributed by atoms with Gasteiger partial charge in [0.05, 0.1) is 12.0 Å². The van der Waals surface area contributed by atoms with Crippen molar-refractivity contribution >= 4 is 12.0 Å². The predicted octanol–water partition coefficient (Wildman–Crippen LogP) is -0.172. The van der Waals surface area contributed by atoms with Crippen LogP contribution in [-0.2, 0) is 0 Å². The van der Waals surface area contributed by atoms with E-state index in [-0.39, 0.29) is 5.69 Å². The molecule has 5 nitrogen and oxygen atoms in total. The minimum absolute atomic E-state index is 0.208. The van der Waals surface area contributed by atoms with Crippen molar-refractivity contribution in [3.05, 3.63) is 23.4 Å². The van der Waals surface area contributed by atoms with Crippen molar-refractivity contribution in [3.63, 3.8) is 0 Å². The van der Waals surface area contributed by atoms with Gasteiger partial charge in [-0.05, 0) is 13.0 Å². The Balaban J connectivity index is 3.08. The molecule has 0 bridgehead atoms. The minimum Gasteiger partial charge on any atom is -0.402 e. The Kier molecular flexibility index (Phi) is 2.14. The molecule has 0 aromatic carbocycles. The number of rotatable bonds is 2. The summed E-state index contributed by atoms with van der Waals surface area (Å²) in [7, 11) is 0. The van der Waals surface area contributed by atoms with Crippen molar-refractivity contribution in [3.8, 4) is 0 Å². The van der Waals surface area contributed by atoms with Gasteiger partial charge in [0.1, 0.15) is 0 Å². The standard InChI is InChI=1S/C7H10N4O/c1-4(8)2-5-6(7(9)12)11-3-10-5/h2-3H,8H2,1H3,(H2,9,12)(H,10,11)/b4-2+. The van der Waals surface area contributed by atoms with E-state index < -0.39 is 5.91 Å². The third-order valence-corrected chi connectivity index (χ3v) is 1.27. The Morgan fingerprint density at radius 3 is 2.83 bits per heavy atom. The topological polar surface area (TPSA) is 97.8 Å². The Labute approximate surface area is 69.5 Å². The molecule has 5 heteroatoms. The average molecular weight is 166 g/mol. The molecule has 64 valence electrons. The summed E-state index contributed by atoms with van der Waals surface area (Å²) in [5, 5.41) is 0. The lowest BCUT2D eigenvalue weighted by Gasteiger charge is -1.92. The number of H-pyrrole nitrogens is 1. The summed E-state index contributed by atoms with van der Waals surface area (Å²) in [4.78, 5) is 17.2. The summed E-state index contributed by atoms with van der Waals surface area (Å²) < 4.78 is 0. The number of primary amides is 1. The minimum atomic E-state index is -0.566. The number of amides is 1. The second-order valence-corrected chi connectivity index (χ2v) is 2.42. The van der Waals surface area contributed by atoms with Crippen LogP contribution >= 0.6 is 0 Å². The van der Waals surface area contributed by atoms with Gasteiger partial charge in [-0.15, -0.1) is 0 Å². The first kappa shape index (κ1) is 8.32. The summed E-state index contributed by atoms with van der Waals surface area (Å²) in [6.45, 7) is 1.71. The van der Waals surface area contributed by atoms with Gasteiger partial charge in [0.25, 0.3) is 5.91 Å². The van der Waals surface area contributed by atoms with E-state index in [1.165, 1.54) is 6.33 Å². The fourth-order valence-corrected chi connectivity index (χ4v) is 0.838. The third kappa shape index (κ3) is 1.63. The summed E-state index contributed by atoms with van der Waals surface area (Å²) in [6.07, 6.45) is 3.00. The molecule has 0 radical (unpaired) electrons. The molecular weight excluding hydrogens is 156 g/mol. The van der Waals surface area contributed by atoms with Crippen molar-refractivity contribution in [2.75, 3.05) is 0 Å². The van der Waals surface area contributed by atoms with E-state index in [1.54, 1.807) is 13.0 Å². The third-order valence-electron chi connectivity index (χ3n) is 1.27. The zero-order valence-electron chi connectivity index (χ0n) is 6.66. The van der Waals surface area contributed by atoms with Crippen LogP contribution in [0.4, 0.5) is 0 Å². The number of nitrogens with two attached hydrogens (primary N) is 2. The number of nitrogens with one attached hydrogen (secondary N) is 1. The van der Waals surface area contributed by atoms with E-state index in [0.717, 1.165) is 0 Å². The summed E-state index contributed by atoms with van der Waals surface area (Å²) in [5.74, 6) is -0.566. The Morgan fingerprint density at radius 1 is 1.67 bits per heavy atom. The second-order valence-electron chi connectivity index (χ2n) is 2.42. The highest BCUT2D eigenvalue weighted by atomic mass is 16.1. The number of carbonyl (C=O) groups excluding carboxylic acids is 1. The number of aromatic amines is 1. The van der Waals surface area contributed by atoms with Crippen molar-refractivity contribution in [2.24, 2.45) is 11.5 Å². The Morgan fingerprint density at radius 2 is 2.33 bits per heavy atom. The highest BCUT2D eigenvalue weighted by molar-refractivity contribution is 5.94. The van der Waals surface area contributed by atoms with E-state index in [2.05, 4.69) is 9.97 Å². The predicted molar refractivity (Wildman–Crippen MR) is 44.9 cm³/mol. The molecule has 0 unspecified atom stereocenters. The molecule has 0 spiro atoms. The molecule has 12 heavy (non-hydrogen) atoms. The van der Waals surface area contributed by atoms with Gasteiger partial charge >= 0.3 is 0 Å². The molecule has 0 fully saturated rings. The van der Waals surface area contributed by atoms with Gasteiger partial charge in [0, 0.05) is 5.70 Å². The number of allylic oxidation sites excluding steroid dienone is 1. The largest absolute Gasteiger partial charge is 0.402 e. The van der Waals surface area contributed by atoms with Crippen LogP contribution in [0.25, 0.3) is 6.08 Å². The highest BCUT2D eigenvalue weighted by Crippen LogP contribution is 2.04. The molecule has 1 amide bonds. The highest BCUT2D eigenvalue weighted by Gasteiger charge is 2.07. The summed E-state index contributed by atoms with van der Waals surface area (Å²) in [6, 6.07) is 0. The van der Waals surface area contributed by atoms with Crippen LogP contribution in [0.5, 0.6) is 0 Å². The van der Waals surface area contributed by atoms with Crippen molar-refractivity contribution < 1.29 is 4.79 Å². The van der Waals surface area contributed by atoms with Crippen LogP contribution in [0.1, 0.15) is 23.1 Å². The van der Waals surface area contributed by atoms with Gasteiger partial charge in [-0.25, -0.2) is 4.98 Å². The first-order valence-electron chi connectivity index (χ1n) is 3.38. The lowest BCUT2D eigenvalue weighted by atomic mass is 10.3. The number of aromatic nitrogens is 2. The van der Waals surface area contributed by atoms with Gasteiger partial charge in [0.2, 0.25) is 0 Å². The van der Waals surface area contributed by atoms with E-state index in [0.29, 0.717) is 11.4 Å². The molecule has 0 aliphatic carbocycles. The molecule has 0 atom stereocenters. The molecular formula is C7H10N4O. The van der Waals surface area contributed by atoms with Crippen molar-refractivity contribution in [1.82, 2.24) is 9.97 Å². The van der Waals surface area contributed by atoms with Crippen LogP contribution in [0.15, 0.2) is 12.0 Å². The van der Waals surface area contributed by atoms with Crippen LogP contribution in [0.2, 0.25) is 0 Å². The first-order valence-corrected chi connectivity index (χ1v) is 3.38. The Hall–Kier alpha value is -1.78. The van der Waals surface area contributed by atoms with E-state index >= 15 is 0 Å². The maximum absolute atomic E-state index is 10.7. The van der Waals surface area contributed by atoms with Crippen molar-refractivity contribution in [1.29, 1.82) is 0 Å². The molecule has 0 aliphatic heterocycles. The van der Waals surface area contributed by atoms with Crippen LogP contribution in [0, 0.1) is 0 Å². The number of carbonyl (C=O) groups is 1. The number of hydrogen-bond donors (Lipinski definition) is 3. The lowest BCUT2D eigenvalue weighted by molar-refractivity contribution is 0.0996. The van der Waals surface area contributed by atoms with Gasteiger partial charge in [0.15, 0.2) is 5.69 Å². The molecule has 5 N–H and O–H groups in total. The number of hydrogen-bond acceptors (Lipinski definition) is 3. The fraction of sp³-hybridized carbons (Fsp3) is 0.143. The van der Waals surface area contributed by atoms with Gasteiger partial charge in [-0.1, -0.05) is 0 Å². The monoisotopic (exact) mass is 166 g/mol. The van der Waals surface area contributed by atoms with Crippen LogP contribution < -0.4 is 11.5 Å². The number of nitrogens with zero attached hydrogens (tertiary/aromatic N) is 1. The van der Waals surface area contributed by atoms with Crippen LogP contribution in [-0.4, -0.2) is 15.9 Å².